The fourth-order valence-corrected chi connectivity index (χ4v) is 11.9. The van der Waals surface area contributed by atoms with E-state index in [1.807, 2.05) is 103 Å². The number of thiazole rings is 1. The molecule has 3 rings (SSSR count). The van der Waals surface area contributed by atoms with E-state index < -0.39 is 48.3 Å². The van der Waals surface area contributed by atoms with Crippen LogP contribution in [0.1, 0.15) is 108 Å². The highest BCUT2D eigenvalue weighted by molar-refractivity contribution is 8.76. The van der Waals surface area contributed by atoms with E-state index in [1.165, 1.54) is 11.3 Å². The van der Waals surface area contributed by atoms with Crippen LogP contribution in [0.4, 0.5) is 0 Å². The van der Waals surface area contributed by atoms with Crippen LogP contribution in [0, 0.1) is 23.7 Å². The van der Waals surface area contributed by atoms with E-state index in [2.05, 4.69) is 16.0 Å². The van der Waals surface area contributed by atoms with Crippen molar-refractivity contribution in [2.45, 2.75) is 130 Å². The molecular formula is C50H82N8O8S3. The molecule has 2 aromatic rings. The van der Waals surface area contributed by atoms with Crippen molar-refractivity contribution in [3.8, 4) is 0 Å². The van der Waals surface area contributed by atoms with E-state index in [9.17, 15) is 28.8 Å². The molecule has 9 atom stereocenters. The predicted octanol–water partition coefficient (Wildman–Crippen LogP) is 5.78. The van der Waals surface area contributed by atoms with E-state index in [0.29, 0.717) is 43.2 Å². The lowest BCUT2D eigenvalue weighted by Crippen LogP contribution is -2.59. The number of benzene rings is 1. The second-order valence-corrected chi connectivity index (χ2v) is 22.7. The Morgan fingerprint density at radius 3 is 2.14 bits per heavy atom. The summed E-state index contributed by atoms with van der Waals surface area (Å²) in [4.78, 5) is 93.1. The van der Waals surface area contributed by atoms with Gasteiger partial charge in [-0.2, -0.15) is 0 Å². The Morgan fingerprint density at radius 2 is 1.57 bits per heavy atom. The number of carbonyl (C=O) groups is 6. The maximum absolute atomic E-state index is 14.5. The first-order valence-electron chi connectivity index (χ1n) is 24.3. The van der Waals surface area contributed by atoms with Gasteiger partial charge >= 0.3 is 0 Å². The molecule has 16 nitrogen and oxygen atoms in total. The Balaban J connectivity index is 1.76. The topological polar surface area (TPSA) is 183 Å². The van der Waals surface area contributed by atoms with Crippen LogP contribution in [-0.4, -0.2) is 170 Å². The first-order chi connectivity index (χ1) is 32.7. The van der Waals surface area contributed by atoms with E-state index in [4.69, 9.17) is 14.5 Å². The molecule has 0 spiro atoms. The predicted molar refractivity (Wildman–Crippen MR) is 279 cm³/mol. The molecule has 0 aliphatic carbocycles. The fraction of sp³-hybridized carbons (Fsp3) is 0.700. The highest BCUT2D eigenvalue weighted by atomic mass is 33.1. The molecule has 19 heteroatoms. The number of hydrogen-bond acceptors (Lipinski definition) is 13. The van der Waals surface area contributed by atoms with E-state index in [0.717, 1.165) is 24.2 Å². The number of carbonyl (C=O) groups excluding carboxylic acids is 6. The SMILES string of the molecule is CC[C@H](C)[C@@H]([C@@H](CC(=O)N1CCC[C@H]1[C@H](OC)[C@@H](C)C(=O)N[C@@H](Cc1ccccc1)c1nc(C(=O)NCCSSCCN(C)C(C)=O)cs1)OC)N(C)C(=O)[C@@H](NC(=O)[C@H](C(C)C)N(C)C)C(C)C. The van der Waals surface area contributed by atoms with Gasteiger partial charge in [0.2, 0.25) is 29.5 Å². The van der Waals surface area contributed by atoms with E-state index in [-0.39, 0.29) is 65.3 Å². The molecule has 1 fully saturated rings. The molecule has 69 heavy (non-hydrogen) atoms. The lowest BCUT2D eigenvalue weighted by molar-refractivity contribution is -0.148. The second-order valence-electron chi connectivity index (χ2n) is 19.1. The number of likely N-dealkylation sites (tertiary alicyclic amines) is 1. The summed E-state index contributed by atoms with van der Waals surface area (Å²) >= 11 is 1.31. The number of nitrogens with zero attached hydrogens (tertiary/aromatic N) is 5. The van der Waals surface area contributed by atoms with Crippen LogP contribution in [0.3, 0.4) is 0 Å². The smallest absolute Gasteiger partial charge is 0.270 e. The lowest BCUT2D eigenvalue weighted by Gasteiger charge is -2.41. The molecule has 2 heterocycles. The zero-order chi connectivity index (χ0) is 51.5. The molecule has 1 aromatic carbocycles. The summed E-state index contributed by atoms with van der Waals surface area (Å²) in [5, 5.41) is 11.5. The molecule has 1 aliphatic heterocycles. The van der Waals surface area contributed by atoms with Crippen molar-refractivity contribution in [1.82, 2.24) is 40.5 Å². The van der Waals surface area contributed by atoms with Gasteiger partial charge in [0.25, 0.3) is 5.91 Å². The van der Waals surface area contributed by atoms with Crippen LogP contribution < -0.4 is 16.0 Å². The highest BCUT2D eigenvalue weighted by Gasteiger charge is 2.43. The number of nitrogens with one attached hydrogen (secondary N) is 3. The van der Waals surface area contributed by atoms with Gasteiger partial charge in [-0.05, 0) is 56.7 Å². The summed E-state index contributed by atoms with van der Waals surface area (Å²) in [7, 11) is 13.6. The zero-order valence-electron chi connectivity index (χ0n) is 43.6. The average Bonchev–Trinajstić information content (AvgIpc) is 4.01. The Kier molecular flexibility index (Phi) is 25.5. The normalized spacial score (nSPS) is 17.4. The largest absolute Gasteiger partial charge is 0.379 e. The van der Waals surface area contributed by atoms with Gasteiger partial charge < -0.3 is 40.1 Å². The summed E-state index contributed by atoms with van der Waals surface area (Å²) in [6.07, 6.45) is 1.24. The molecule has 6 amide bonds. The maximum atomic E-state index is 14.5. The maximum Gasteiger partial charge on any atom is 0.270 e. The number of rotatable bonds is 29. The van der Waals surface area contributed by atoms with Gasteiger partial charge in [0.1, 0.15) is 16.7 Å². The molecule has 0 saturated carbocycles. The van der Waals surface area contributed by atoms with Gasteiger partial charge in [-0.3, -0.25) is 33.7 Å². The lowest BCUT2D eigenvalue weighted by atomic mass is 9.89. The number of methoxy groups -OCH3 is 2. The van der Waals surface area contributed by atoms with Crippen LogP contribution in [0.25, 0.3) is 0 Å². The van der Waals surface area contributed by atoms with Crippen molar-refractivity contribution >= 4 is 68.4 Å². The Morgan fingerprint density at radius 1 is 0.899 bits per heavy atom. The summed E-state index contributed by atoms with van der Waals surface area (Å²) in [6.45, 7) is 16.8. The molecular weight excluding hydrogens is 937 g/mol. The molecule has 388 valence electrons. The van der Waals surface area contributed by atoms with Gasteiger partial charge in [-0.15, -0.1) is 11.3 Å². The molecule has 1 aliphatic rings. The number of aromatic nitrogens is 1. The first-order valence-corrected chi connectivity index (χ1v) is 27.7. The first kappa shape index (κ1) is 59.6. The monoisotopic (exact) mass is 1020 g/mol. The van der Waals surface area contributed by atoms with Crippen LogP contribution in [0.5, 0.6) is 0 Å². The van der Waals surface area contributed by atoms with Crippen molar-refractivity contribution in [2.24, 2.45) is 23.7 Å². The van der Waals surface area contributed by atoms with Crippen LogP contribution >= 0.6 is 32.9 Å². The zero-order valence-corrected chi connectivity index (χ0v) is 46.1. The Labute approximate surface area is 424 Å². The number of ether oxygens (including phenoxy) is 2. The third-order valence-corrected chi connectivity index (χ3v) is 16.5. The fourth-order valence-electron chi connectivity index (χ4n) is 9.06. The van der Waals surface area contributed by atoms with Gasteiger partial charge in [0.15, 0.2) is 0 Å². The van der Waals surface area contributed by atoms with Gasteiger partial charge in [-0.25, -0.2) is 4.98 Å². The Hall–Kier alpha value is -3.75. The molecule has 3 N–H and O–H groups in total. The van der Waals surface area contributed by atoms with E-state index in [1.54, 1.807) is 72.0 Å². The average molecular weight is 1020 g/mol. The van der Waals surface area contributed by atoms with Crippen molar-refractivity contribution in [3.05, 3.63) is 52.0 Å². The van der Waals surface area contributed by atoms with Crippen LogP contribution in [0.15, 0.2) is 35.7 Å². The number of likely N-dealkylation sites (N-methyl/N-ethyl adjacent to an activating group) is 2. The molecule has 0 radical (unpaired) electrons. The minimum Gasteiger partial charge on any atom is -0.379 e. The van der Waals surface area contributed by atoms with Crippen molar-refractivity contribution in [1.29, 1.82) is 0 Å². The minimum atomic E-state index is -0.783. The summed E-state index contributed by atoms with van der Waals surface area (Å²) in [6, 6.07) is 7.17. The summed E-state index contributed by atoms with van der Waals surface area (Å²) in [5.41, 5.74) is 1.26. The van der Waals surface area contributed by atoms with Gasteiger partial charge in [0.05, 0.1) is 48.7 Å². The number of hydrogen-bond donors (Lipinski definition) is 3. The molecule has 1 saturated heterocycles. The Bertz CT molecular complexity index is 1930. The van der Waals surface area contributed by atoms with Crippen LogP contribution in [-0.2, 0) is 39.9 Å². The van der Waals surface area contributed by atoms with Crippen molar-refractivity contribution in [2.75, 3.05) is 73.6 Å². The van der Waals surface area contributed by atoms with Gasteiger partial charge in [-0.1, -0.05) is 107 Å². The molecule has 0 unspecified atom stereocenters. The number of amides is 6. The van der Waals surface area contributed by atoms with Crippen molar-refractivity contribution in [3.63, 3.8) is 0 Å². The van der Waals surface area contributed by atoms with E-state index >= 15 is 0 Å². The van der Waals surface area contributed by atoms with Crippen LogP contribution in [0.2, 0.25) is 0 Å². The minimum absolute atomic E-state index is 0.00232. The summed E-state index contributed by atoms with van der Waals surface area (Å²) < 4.78 is 12.2. The van der Waals surface area contributed by atoms with Crippen molar-refractivity contribution < 1.29 is 38.2 Å². The third-order valence-electron chi connectivity index (χ3n) is 13.2. The standard InChI is InChI=1S/C50H82N8O8S3/c1-15-33(6)44(57(12)50(64)42(31(2)3)54-48(63)43(32(4)5)55(9)10)40(65-13)29-41(60)58-24-19-22-39(58)45(66-14)34(7)46(61)52-37(28-36-20-17-16-18-21-36)49-53-38(30-67-49)47(62)51-23-26-68-69-27-25-56(11)35(8)59/h16-18,20-21,30-34,37,39-40,42-45H,15,19,22-29H2,1-14H3,(H,51,62)(H,52,61)(H,54,63)/t33-,34+,37-,39-,40+,42-,43-,44-,45+/m0/s1. The third kappa shape index (κ3) is 17.5. The highest BCUT2D eigenvalue weighted by Crippen LogP contribution is 2.31. The molecule has 0 bridgehead atoms. The quantitative estimate of drug-likeness (QED) is 0.0661. The molecule has 1 aromatic heterocycles. The summed E-state index contributed by atoms with van der Waals surface area (Å²) in [5.74, 6) is -0.552. The van der Waals surface area contributed by atoms with Gasteiger partial charge in [0, 0.05) is 71.8 Å². The second kappa shape index (κ2) is 29.6.